The van der Waals surface area contributed by atoms with Crippen LogP contribution in [0.5, 0.6) is 0 Å². The van der Waals surface area contributed by atoms with Crippen molar-refractivity contribution in [3.05, 3.63) is 80.2 Å². The second kappa shape index (κ2) is 12.6. The van der Waals surface area contributed by atoms with E-state index in [0.29, 0.717) is 42.7 Å². The molecule has 0 radical (unpaired) electrons. The number of carbonyl (C=O) groups is 2. The third-order valence-corrected chi connectivity index (χ3v) is 9.85. The van der Waals surface area contributed by atoms with Gasteiger partial charge in [-0.15, -0.1) is 0 Å². The molecule has 3 aromatic rings. The van der Waals surface area contributed by atoms with Gasteiger partial charge < -0.3 is 36.0 Å². The van der Waals surface area contributed by atoms with Crippen LogP contribution < -0.4 is 17.0 Å². The Balaban J connectivity index is 0.00000353. The minimum Gasteiger partial charge on any atom is -1.00 e. The van der Waals surface area contributed by atoms with Gasteiger partial charge in [0, 0.05) is 48.8 Å². The van der Waals surface area contributed by atoms with E-state index in [0.717, 1.165) is 42.3 Å². The molecule has 4 heterocycles. The van der Waals surface area contributed by atoms with Crippen molar-refractivity contribution in [1.82, 2.24) is 0 Å². The molecule has 0 spiro atoms. The molecule has 2 aliphatic rings. The molecular weight excluding hydrogens is 598 g/mol. The summed E-state index contributed by atoms with van der Waals surface area (Å²) in [5, 5.41) is 19.0. The number of piperidine rings is 1. The molecule has 210 valence electrons. The Morgan fingerprint density at radius 2 is 1.54 bits per heavy atom. The van der Waals surface area contributed by atoms with Gasteiger partial charge in [0.25, 0.3) is 0 Å². The first kappa shape index (κ1) is 29.9. The fraction of sp³-hybridized carbons (Fsp3) is 0.467. The van der Waals surface area contributed by atoms with Crippen LogP contribution in [0.4, 0.5) is 0 Å². The summed E-state index contributed by atoms with van der Waals surface area (Å²) in [4.78, 5) is 25.1. The van der Waals surface area contributed by atoms with Gasteiger partial charge in [-0.1, -0.05) is 24.3 Å². The summed E-state index contributed by atoms with van der Waals surface area (Å²) in [5.41, 5.74) is 1.78. The number of thiophene rings is 2. The molecule has 1 aromatic carbocycles. The Bertz CT molecular complexity index is 1180. The summed E-state index contributed by atoms with van der Waals surface area (Å²) < 4.78 is 12.1. The molecule has 2 fully saturated rings. The normalized spacial score (nSPS) is 24.1. The Morgan fingerprint density at radius 3 is 2.05 bits per heavy atom. The average Bonchev–Trinajstić information content (AvgIpc) is 3.66. The van der Waals surface area contributed by atoms with Crippen LogP contribution in [-0.4, -0.2) is 53.4 Å². The number of quaternary nitrogens is 1. The molecule has 9 heteroatoms. The van der Waals surface area contributed by atoms with Crippen molar-refractivity contribution >= 4 is 34.6 Å². The maximum atomic E-state index is 13.5. The lowest BCUT2D eigenvalue weighted by molar-refractivity contribution is -0.961. The zero-order valence-corrected chi connectivity index (χ0v) is 25.6. The number of hydrogen-bond acceptors (Lipinski definition) is 7. The van der Waals surface area contributed by atoms with Gasteiger partial charge in [-0.3, -0.25) is 4.79 Å². The van der Waals surface area contributed by atoms with Crippen LogP contribution in [0.25, 0.3) is 0 Å². The number of fused-ring (bicyclic) bond motifs is 2. The Hall–Kier alpha value is -2.04. The minimum atomic E-state index is -1.77. The van der Waals surface area contributed by atoms with Crippen molar-refractivity contribution < 1.29 is 45.6 Å². The Kier molecular flexibility index (Phi) is 9.70. The van der Waals surface area contributed by atoms with Gasteiger partial charge >= 0.3 is 11.9 Å². The number of halogens is 1. The van der Waals surface area contributed by atoms with E-state index in [1.165, 1.54) is 28.2 Å². The zero-order valence-electron chi connectivity index (χ0n) is 22.4. The van der Waals surface area contributed by atoms with Crippen LogP contribution in [-0.2, 0) is 37.6 Å². The number of aliphatic hydroxyl groups is 1. The molecule has 2 bridgehead atoms. The number of esters is 2. The topological polar surface area (TPSA) is 72.8 Å². The van der Waals surface area contributed by atoms with E-state index < -0.39 is 11.6 Å². The molecule has 2 aromatic heterocycles. The molecule has 2 saturated heterocycles. The number of aryl methyl sites for hydroxylation is 1. The van der Waals surface area contributed by atoms with Crippen molar-refractivity contribution in [2.75, 3.05) is 13.7 Å². The van der Waals surface area contributed by atoms with Gasteiger partial charge in [0.05, 0.1) is 25.7 Å². The van der Waals surface area contributed by atoms with Crippen LogP contribution in [0.2, 0.25) is 0 Å². The van der Waals surface area contributed by atoms with Gasteiger partial charge in [-0.25, -0.2) is 4.79 Å². The molecule has 4 atom stereocenters. The first-order valence-electron chi connectivity index (χ1n) is 13.4. The van der Waals surface area contributed by atoms with Crippen LogP contribution in [0.15, 0.2) is 57.9 Å². The largest absolute Gasteiger partial charge is 1.00 e. The highest BCUT2D eigenvalue weighted by Crippen LogP contribution is 2.44. The fourth-order valence-corrected chi connectivity index (χ4v) is 7.71. The summed E-state index contributed by atoms with van der Waals surface area (Å²) in [6.45, 7) is 3.18. The molecule has 2 unspecified atom stereocenters. The minimum absolute atomic E-state index is 0. The molecule has 0 aliphatic carbocycles. The third-order valence-electron chi connectivity index (χ3n) is 8.49. The maximum Gasteiger partial charge on any atom is 0.348 e. The SMILES string of the molecule is CCOC(=O)CCc1ccc(C[N+]2(C)[C@@H]3CC[C@H]2CC(OC(=O)C(O)(c2ccsc2)c2ccsc2)C3)cc1.[Br-]. The van der Waals surface area contributed by atoms with E-state index >= 15 is 0 Å². The van der Waals surface area contributed by atoms with Gasteiger partial charge in [0.2, 0.25) is 5.60 Å². The number of rotatable bonds is 10. The van der Waals surface area contributed by atoms with Crippen molar-refractivity contribution in [2.24, 2.45) is 0 Å². The van der Waals surface area contributed by atoms with Crippen molar-refractivity contribution in [3.63, 3.8) is 0 Å². The van der Waals surface area contributed by atoms with Gasteiger partial charge in [-0.2, -0.15) is 22.7 Å². The predicted octanol–water partition coefficient (Wildman–Crippen LogP) is 2.43. The lowest BCUT2D eigenvalue weighted by atomic mass is 9.89. The van der Waals surface area contributed by atoms with Crippen LogP contribution in [0.3, 0.4) is 0 Å². The van der Waals surface area contributed by atoms with E-state index in [1.807, 2.05) is 28.4 Å². The monoisotopic (exact) mass is 633 g/mol. The van der Waals surface area contributed by atoms with Crippen LogP contribution in [0, 0.1) is 0 Å². The molecule has 1 N–H and O–H groups in total. The molecule has 6 nitrogen and oxygen atoms in total. The van der Waals surface area contributed by atoms with Crippen molar-refractivity contribution in [1.29, 1.82) is 0 Å². The van der Waals surface area contributed by atoms with Gasteiger partial charge in [-0.05, 0) is 52.6 Å². The standard InChI is InChI=1S/C30H36NO5S2.BrH/c1-3-35-28(32)11-8-21-4-6-22(7-5-21)18-31(2)25-9-10-26(31)17-27(16-25)36-29(33)30(34,23-12-14-37-19-23)24-13-15-38-20-24;/h4-7,12-15,19-20,25-27,34H,3,8-11,16-18H2,1-2H3;1H/q+1;/p-1/t25-,26+,27?,31?;. The quantitative estimate of drug-likeness (QED) is 0.274. The summed E-state index contributed by atoms with van der Waals surface area (Å²) in [5.74, 6) is -0.730. The van der Waals surface area contributed by atoms with E-state index in [1.54, 1.807) is 12.1 Å². The molecule has 0 saturated carbocycles. The van der Waals surface area contributed by atoms with E-state index in [4.69, 9.17) is 9.47 Å². The smallest absolute Gasteiger partial charge is 0.348 e. The van der Waals surface area contributed by atoms with Crippen LogP contribution in [0.1, 0.15) is 61.3 Å². The number of benzene rings is 1. The number of ether oxygens (including phenoxy) is 2. The number of nitrogens with zero attached hydrogens (tertiary/aromatic N) is 1. The van der Waals surface area contributed by atoms with E-state index in [2.05, 4.69) is 31.3 Å². The number of carbonyl (C=O) groups excluding carboxylic acids is 2. The highest BCUT2D eigenvalue weighted by molar-refractivity contribution is 7.08. The first-order chi connectivity index (χ1) is 18.3. The molecule has 2 aliphatic heterocycles. The second-order valence-corrected chi connectivity index (χ2v) is 12.3. The van der Waals surface area contributed by atoms with Gasteiger partial charge in [0.15, 0.2) is 0 Å². The highest BCUT2D eigenvalue weighted by atomic mass is 79.9. The lowest BCUT2D eigenvalue weighted by Crippen LogP contribution is -3.00. The Morgan fingerprint density at radius 1 is 0.974 bits per heavy atom. The molecular formula is C30H36BrNO5S2. The Labute approximate surface area is 248 Å². The summed E-state index contributed by atoms with van der Waals surface area (Å²) >= 11 is 2.92. The summed E-state index contributed by atoms with van der Waals surface area (Å²) in [6, 6.07) is 13.0. The lowest BCUT2D eigenvalue weighted by Gasteiger charge is -2.47. The third kappa shape index (κ3) is 6.17. The molecule has 5 rings (SSSR count). The van der Waals surface area contributed by atoms with Crippen molar-refractivity contribution in [2.45, 2.75) is 75.8 Å². The number of hydrogen-bond donors (Lipinski definition) is 1. The summed E-state index contributed by atoms with van der Waals surface area (Å²) in [7, 11) is 2.34. The van der Waals surface area contributed by atoms with E-state index in [9.17, 15) is 14.7 Å². The predicted molar refractivity (Wildman–Crippen MR) is 149 cm³/mol. The molecule has 39 heavy (non-hydrogen) atoms. The molecule has 0 amide bonds. The first-order valence-corrected chi connectivity index (χ1v) is 15.3. The maximum absolute atomic E-state index is 13.5. The highest BCUT2D eigenvalue weighted by Gasteiger charge is 2.53. The average molecular weight is 635 g/mol. The fourth-order valence-electron chi connectivity index (χ4n) is 6.31. The summed E-state index contributed by atoms with van der Waals surface area (Å²) in [6.07, 6.45) is 4.74. The zero-order chi connectivity index (χ0) is 26.8. The van der Waals surface area contributed by atoms with Crippen molar-refractivity contribution in [3.8, 4) is 0 Å². The van der Waals surface area contributed by atoms with E-state index in [-0.39, 0.29) is 29.1 Å². The van der Waals surface area contributed by atoms with Crippen LogP contribution >= 0.6 is 22.7 Å². The van der Waals surface area contributed by atoms with Gasteiger partial charge in [0.1, 0.15) is 12.6 Å². The second-order valence-electron chi connectivity index (χ2n) is 10.7.